The molecular weight excluding hydrogens is 240 g/mol. The molecule has 0 nitrogen and oxygen atoms in total. The molecule has 0 aliphatic carbocycles. The van der Waals surface area contributed by atoms with Crippen molar-refractivity contribution in [1.29, 1.82) is 0 Å². The van der Waals surface area contributed by atoms with Gasteiger partial charge in [-0.25, -0.2) is 0 Å². The van der Waals surface area contributed by atoms with Crippen LogP contribution in [-0.4, -0.2) is 0 Å². The summed E-state index contributed by atoms with van der Waals surface area (Å²) >= 11 is 0. The fourth-order valence-corrected chi connectivity index (χ4v) is 2.32. The van der Waals surface area contributed by atoms with E-state index < -0.39 is 0 Å². The molecule has 0 amide bonds. The smallest absolute Gasteiger partial charge is 0.0103 e. The Labute approximate surface area is 122 Å². The lowest BCUT2D eigenvalue weighted by atomic mass is 9.96. The van der Waals surface area contributed by atoms with Crippen LogP contribution in [0.4, 0.5) is 0 Å². The first kappa shape index (κ1) is 14.3. The van der Waals surface area contributed by atoms with Gasteiger partial charge < -0.3 is 0 Å². The van der Waals surface area contributed by atoms with E-state index in [1.165, 1.54) is 33.9 Å². The number of hydrogen-bond donors (Lipinski definition) is 0. The Morgan fingerprint density at radius 2 is 1.20 bits per heavy atom. The molecule has 0 heteroatoms. The summed E-state index contributed by atoms with van der Waals surface area (Å²) in [5.74, 6) is 0. The van der Waals surface area contributed by atoms with Gasteiger partial charge in [0.2, 0.25) is 0 Å². The monoisotopic (exact) mass is 262 g/mol. The maximum Gasteiger partial charge on any atom is -0.0103 e. The van der Waals surface area contributed by atoms with Crippen LogP contribution in [-0.2, 0) is 0 Å². The summed E-state index contributed by atoms with van der Waals surface area (Å²) in [5.41, 5.74) is 3.93. The van der Waals surface area contributed by atoms with Gasteiger partial charge in [0, 0.05) is 0 Å². The molecule has 0 unspecified atom stereocenters. The summed E-state index contributed by atoms with van der Waals surface area (Å²) in [7, 11) is 0. The topological polar surface area (TPSA) is 0 Å². The molecule has 0 N–H and O–H groups in total. The van der Waals surface area contributed by atoms with E-state index in [1.54, 1.807) is 0 Å². The molecule has 0 aliphatic heterocycles. The minimum atomic E-state index is 1.25. The molecule has 0 heterocycles. The predicted molar refractivity (Wildman–Crippen MR) is 90.1 cm³/mol. The second-order valence-electron chi connectivity index (χ2n) is 5.05. The highest BCUT2D eigenvalue weighted by Crippen LogP contribution is 2.30. The third-order valence-corrected chi connectivity index (χ3v) is 3.23. The van der Waals surface area contributed by atoms with Crippen LogP contribution in [0.1, 0.15) is 25.8 Å². The highest BCUT2D eigenvalue weighted by molar-refractivity contribution is 5.98. The van der Waals surface area contributed by atoms with Gasteiger partial charge >= 0.3 is 0 Å². The lowest BCUT2D eigenvalue weighted by Crippen LogP contribution is -1.83. The van der Waals surface area contributed by atoms with E-state index in [1.807, 2.05) is 0 Å². The van der Waals surface area contributed by atoms with Crippen LogP contribution in [0.25, 0.3) is 21.9 Å². The molecule has 20 heavy (non-hydrogen) atoms. The van der Waals surface area contributed by atoms with E-state index in [-0.39, 0.29) is 0 Å². The van der Waals surface area contributed by atoms with Crippen molar-refractivity contribution in [3.8, 4) is 11.1 Å². The van der Waals surface area contributed by atoms with Gasteiger partial charge in [-0.15, -0.1) is 0 Å². The van der Waals surface area contributed by atoms with Crippen molar-refractivity contribution in [2.24, 2.45) is 0 Å². The normalized spacial score (nSPS) is 9.95. The number of hydrogen-bond acceptors (Lipinski definition) is 0. The number of aryl methyl sites for hydroxylation is 1. The molecule has 0 fully saturated rings. The van der Waals surface area contributed by atoms with Crippen molar-refractivity contribution in [3.63, 3.8) is 0 Å². The second-order valence-corrected chi connectivity index (χ2v) is 5.05. The van der Waals surface area contributed by atoms with Gasteiger partial charge in [0.05, 0.1) is 0 Å². The fourth-order valence-electron chi connectivity index (χ4n) is 2.32. The highest BCUT2D eigenvalue weighted by atomic mass is 14.1. The average molecular weight is 262 g/mol. The highest BCUT2D eigenvalue weighted by Gasteiger charge is 2.04. The zero-order chi connectivity index (χ0) is 14.4. The molecule has 0 saturated carbocycles. The Hall–Kier alpha value is -2.08. The molecule has 0 aliphatic rings. The van der Waals surface area contributed by atoms with Crippen LogP contribution in [0.3, 0.4) is 0 Å². The molecule has 0 saturated heterocycles. The maximum absolute atomic E-state index is 2.22. The SMILES string of the molecule is CCC.Cc1ccc(-c2ccccc2)c2ccccc12. The largest absolute Gasteiger partial charge is 0.0656 e. The average Bonchev–Trinajstić information content (AvgIpc) is 2.50. The van der Waals surface area contributed by atoms with Gasteiger partial charge in [-0.3, -0.25) is 0 Å². The minimum Gasteiger partial charge on any atom is -0.0656 e. The molecule has 3 aromatic rings. The lowest BCUT2D eigenvalue weighted by molar-refractivity contribution is 1.09. The molecular formula is C20H22. The van der Waals surface area contributed by atoms with Crippen molar-refractivity contribution in [2.45, 2.75) is 27.2 Å². The summed E-state index contributed by atoms with van der Waals surface area (Å²) in [6.07, 6.45) is 1.25. The summed E-state index contributed by atoms with van der Waals surface area (Å²) in [6.45, 7) is 6.41. The summed E-state index contributed by atoms with van der Waals surface area (Å²) in [6, 6.07) is 23.6. The van der Waals surface area contributed by atoms with Gasteiger partial charge in [-0.2, -0.15) is 0 Å². The van der Waals surface area contributed by atoms with Gasteiger partial charge in [0.15, 0.2) is 0 Å². The van der Waals surface area contributed by atoms with E-state index in [0.29, 0.717) is 0 Å². The molecule has 0 aromatic heterocycles. The van der Waals surface area contributed by atoms with E-state index >= 15 is 0 Å². The minimum absolute atomic E-state index is 1.25. The number of benzene rings is 3. The Morgan fingerprint density at radius 1 is 0.650 bits per heavy atom. The van der Waals surface area contributed by atoms with Crippen LogP contribution in [0, 0.1) is 6.92 Å². The van der Waals surface area contributed by atoms with E-state index in [0.717, 1.165) is 0 Å². The first-order valence-electron chi connectivity index (χ1n) is 7.31. The van der Waals surface area contributed by atoms with Crippen molar-refractivity contribution in [3.05, 3.63) is 72.3 Å². The summed E-state index contributed by atoms with van der Waals surface area (Å²) in [4.78, 5) is 0. The first-order valence-corrected chi connectivity index (χ1v) is 7.31. The molecule has 0 spiro atoms. The Balaban J connectivity index is 0.000000452. The number of rotatable bonds is 1. The summed E-state index contributed by atoms with van der Waals surface area (Å²) < 4.78 is 0. The van der Waals surface area contributed by atoms with E-state index in [9.17, 15) is 0 Å². The van der Waals surface area contributed by atoms with Crippen molar-refractivity contribution < 1.29 is 0 Å². The Bertz CT molecular complexity index is 666. The van der Waals surface area contributed by atoms with Crippen molar-refractivity contribution >= 4 is 10.8 Å². The predicted octanol–water partition coefficient (Wildman–Crippen LogP) is 6.23. The Morgan fingerprint density at radius 3 is 1.85 bits per heavy atom. The third-order valence-electron chi connectivity index (χ3n) is 3.23. The maximum atomic E-state index is 2.22. The van der Waals surface area contributed by atoms with Crippen LogP contribution >= 0.6 is 0 Å². The van der Waals surface area contributed by atoms with Crippen molar-refractivity contribution in [1.82, 2.24) is 0 Å². The standard InChI is InChI=1S/C17H14.C3H8/c1-13-11-12-16(14-7-3-2-4-8-14)17-10-6-5-9-15(13)17;1-3-2/h2-12H,1H3;3H2,1-2H3. The molecule has 3 aromatic carbocycles. The van der Waals surface area contributed by atoms with Crippen LogP contribution < -0.4 is 0 Å². The molecule has 0 radical (unpaired) electrons. The fraction of sp³-hybridized carbons (Fsp3) is 0.200. The zero-order valence-electron chi connectivity index (χ0n) is 12.6. The summed E-state index contributed by atoms with van der Waals surface area (Å²) in [5, 5.41) is 2.67. The zero-order valence-corrected chi connectivity index (χ0v) is 12.6. The molecule has 0 atom stereocenters. The van der Waals surface area contributed by atoms with Crippen LogP contribution in [0.2, 0.25) is 0 Å². The second kappa shape index (κ2) is 6.91. The molecule has 3 rings (SSSR count). The molecule has 0 bridgehead atoms. The number of fused-ring (bicyclic) bond motifs is 1. The van der Waals surface area contributed by atoms with Crippen molar-refractivity contribution in [2.75, 3.05) is 0 Å². The van der Waals surface area contributed by atoms with E-state index in [4.69, 9.17) is 0 Å². The molecule has 102 valence electrons. The van der Waals surface area contributed by atoms with Gasteiger partial charge in [0.1, 0.15) is 0 Å². The van der Waals surface area contributed by atoms with Gasteiger partial charge in [-0.05, 0) is 34.4 Å². The Kier molecular flexibility index (Phi) is 4.95. The van der Waals surface area contributed by atoms with Crippen LogP contribution in [0.5, 0.6) is 0 Å². The third kappa shape index (κ3) is 3.08. The van der Waals surface area contributed by atoms with Gasteiger partial charge in [-0.1, -0.05) is 87.0 Å². The first-order chi connectivity index (χ1) is 9.77. The van der Waals surface area contributed by atoms with E-state index in [2.05, 4.69) is 87.5 Å². The van der Waals surface area contributed by atoms with Crippen LogP contribution in [0.15, 0.2) is 66.7 Å². The van der Waals surface area contributed by atoms with Gasteiger partial charge in [0.25, 0.3) is 0 Å². The quantitative estimate of drug-likeness (QED) is 0.487. The lowest BCUT2D eigenvalue weighted by Gasteiger charge is -2.09.